The third kappa shape index (κ3) is 3.48. The van der Waals surface area contributed by atoms with Gasteiger partial charge in [-0.15, -0.1) is 0 Å². The Morgan fingerprint density at radius 1 is 1.07 bits per heavy atom. The van der Waals surface area contributed by atoms with Crippen molar-refractivity contribution in [3.8, 4) is 0 Å². The maximum Gasteiger partial charge on any atom is 0.248 e. The van der Waals surface area contributed by atoms with Gasteiger partial charge in [-0.05, 0) is 56.6 Å². The molecule has 4 atom stereocenters. The van der Waals surface area contributed by atoms with Crippen LogP contribution in [-0.2, 0) is 4.74 Å². The van der Waals surface area contributed by atoms with E-state index in [4.69, 9.17) is 9.72 Å². The number of hydrogen-bond donors (Lipinski definition) is 0. The Balaban J connectivity index is 1.36. The fraction of sp³-hybridized carbons (Fsp3) is 0.696. The second kappa shape index (κ2) is 7.31. The van der Waals surface area contributed by atoms with E-state index in [0.717, 1.165) is 37.3 Å². The number of para-hydroxylation sites is 2. The normalized spacial score (nSPS) is 33.2. The molecule has 0 unspecified atom stereocenters. The minimum Gasteiger partial charge on any atom is -0.379 e. The van der Waals surface area contributed by atoms with Gasteiger partial charge in [-0.2, -0.15) is 0 Å². The van der Waals surface area contributed by atoms with E-state index in [1.54, 1.807) is 0 Å². The predicted octanol–water partition coefficient (Wildman–Crippen LogP) is 4.82. The van der Waals surface area contributed by atoms with E-state index in [-0.39, 0.29) is 25.0 Å². The Morgan fingerprint density at radius 3 is 2.48 bits per heavy atom. The SMILES string of the molecule is CO[C@H]1C[C@@H]2CN(C3CCC(F)(F)CC3)C[C@@H]2C[C@@H]1n1c(C)nc2ccccc21. The molecule has 2 saturated carbocycles. The van der Waals surface area contributed by atoms with Crippen molar-refractivity contribution in [1.29, 1.82) is 0 Å². The Hall–Kier alpha value is -1.53. The van der Waals surface area contributed by atoms with Gasteiger partial charge in [0.15, 0.2) is 0 Å². The van der Waals surface area contributed by atoms with Crippen molar-refractivity contribution in [1.82, 2.24) is 14.5 Å². The maximum atomic E-state index is 13.6. The fourth-order valence-corrected chi connectivity index (χ4v) is 6.22. The molecule has 158 valence electrons. The summed E-state index contributed by atoms with van der Waals surface area (Å²) < 4.78 is 35.5. The van der Waals surface area contributed by atoms with E-state index in [1.165, 1.54) is 5.52 Å². The molecule has 2 aromatic rings. The summed E-state index contributed by atoms with van der Waals surface area (Å²) in [4.78, 5) is 7.28. The molecule has 5 rings (SSSR count). The predicted molar refractivity (Wildman–Crippen MR) is 109 cm³/mol. The van der Waals surface area contributed by atoms with Gasteiger partial charge in [0.1, 0.15) is 5.82 Å². The molecular formula is C23H31F2N3O. The minimum absolute atomic E-state index is 0.0487. The van der Waals surface area contributed by atoms with Gasteiger partial charge in [0.25, 0.3) is 0 Å². The van der Waals surface area contributed by atoms with Crippen molar-refractivity contribution < 1.29 is 13.5 Å². The molecule has 0 bridgehead atoms. The van der Waals surface area contributed by atoms with Crippen LogP contribution in [-0.4, -0.2) is 52.7 Å². The van der Waals surface area contributed by atoms with Crippen molar-refractivity contribution in [3.63, 3.8) is 0 Å². The number of halogens is 2. The Labute approximate surface area is 171 Å². The second-order valence-corrected chi connectivity index (χ2v) is 9.39. The number of alkyl halides is 2. The maximum absolute atomic E-state index is 13.6. The molecular weight excluding hydrogens is 372 g/mol. The quantitative estimate of drug-likeness (QED) is 0.736. The second-order valence-electron chi connectivity index (χ2n) is 9.39. The van der Waals surface area contributed by atoms with Crippen LogP contribution in [0.4, 0.5) is 8.78 Å². The fourth-order valence-electron chi connectivity index (χ4n) is 6.22. The van der Waals surface area contributed by atoms with Gasteiger partial charge in [0, 0.05) is 39.1 Å². The molecule has 0 spiro atoms. The van der Waals surface area contributed by atoms with Gasteiger partial charge in [0.05, 0.1) is 23.2 Å². The third-order valence-corrected chi connectivity index (χ3v) is 7.72. The number of nitrogens with zero attached hydrogens (tertiary/aromatic N) is 3. The minimum atomic E-state index is -2.45. The van der Waals surface area contributed by atoms with Gasteiger partial charge in [-0.1, -0.05) is 12.1 Å². The Morgan fingerprint density at radius 2 is 1.76 bits per heavy atom. The Kier molecular flexibility index (Phi) is 4.90. The van der Waals surface area contributed by atoms with Gasteiger partial charge in [-0.3, -0.25) is 4.90 Å². The van der Waals surface area contributed by atoms with E-state index >= 15 is 0 Å². The van der Waals surface area contributed by atoms with Crippen LogP contribution in [0.15, 0.2) is 24.3 Å². The molecule has 0 N–H and O–H groups in total. The first-order valence-electron chi connectivity index (χ1n) is 11.0. The lowest BCUT2D eigenvalue weighted by molar-refractivity contribution is -0.0520. The molecule has 0 radical (unpaired) electrons. The van der Waals surface area contributed by atoms with Crippen LogP contribution in [0.5, 0.6) is 0 Å². The number of aromatic nitrogens is 2. The summed E-state index contributed by atoms with van der Waals surface area (Å²) in [5, 5.41) is 0. The molecule has 3 aliphatic rings. The largest absolute Gasteiger partial charge is 0.379 e. The van der Waals surface area contributed by atoms with E-state index < -0.39 is 5.92 Å². The van der Waals surface area contributed by atoms with Crippen LogP contribution < -0.4 is 0 Å². The number of ether oxygens (including phenoxy) is 1. The average Bonchev–Trinajstić information content (AvgIpc) is 3.26. The van der Waals surface area contributed by atoms with Crippen molar-refractivity contribution >= 4 is 11.0 Å². The van der Waals surface area contributed by atoms with Crippen LogP contribution in [0.2, 0.25) is 0 Å². The van der Waals surface area contributed by atoms with E-state index in [9.17, 15) is 8.78 Å². The standard InChI is InChI=1S/C23H31F2N3O/c1-15-26-19-5-3-4-6-20(19)28(15)21-11-16-13-27(14-17(16)12-22(21)29-2)18-7-9-23(24,25)10-8-18/h3-6,16-18,21-22H,7-14H2,1-2H3/t16-,17+,21-,22-/m0/s1. The molecule has 1 saturated heterocycles. The highest BCUT2D eigenvalue weighted by atomic mass is 19.3. The summed E-state index contributed by atoms with van der Waals surface area (Å²) in [6, 6.07) is 8.94. The number of likely N-dealkylation sites (tertiary alicyclic amines) is 1. The first-order valence-corrected chi connectivity index (χ1v) is 11.0. The highest BCUT2D eigenvalue weighted by Crippen LogP contribution is 2.46. The van der Waals surface area contributed by atoms with Crippen LogP contribution in [0, 0.1) is 18.8 Å². The topological polar surface area (TPSA) is 30.3 Å². The summed E-state index contributed by atoms with van der Waals surface area (Å²) in [7, 11) is 1.82. The zero-order chi connectivity index (χ0) is 20.2. The van der Waals surface area contributed by atoms with E-state index in [0.29, 0.717) is 30.7 Å². The molecule has 2 aliphatic carbocycles. The lowest BCUT2D eigenvalue weighted by Gasteiger charge is -2.38. The molecule has 2 heterocycles. The van der Waals surface area contributed by atoms with Gasteiger partial charge < -0.3 is 9.30 Å². The van der Waals surface area contributed by atoms with Crippen molar-refractivity contribution in [3.05, 3.63) is 30.1 Å². The molecule has 29 heavy (non-hydrogen) atoms. The van der Waals surface area contributed by atoms with Crippen molar-refractivity contribution in [2.45, 2.75) is 69.6 Å². The third-order valence-electron chi connectivity index (χ3n) is 7.72. The highest BCUT2D eigenvalue weighted by molar-refractivity contribution is 5.76. The average molecular weight is 404 g/mol. The summed E-state index contributed by atoms with van der Waals surface area (Å²) in [6.45, 7) is 4.17. The van der Waals surface area contributed by atoms with Crippen LogP contribution in [0.25, 0.3) is 11.0 Å². The number of rotatable bonds is 3. The molecule has 3 fully saturated rings. The smallest absolute Gasteiger partial charge is 0.248 e. The zero-order valence-electron chi connectivity index (χ0n) is 17.4. The number of hydrogen-bond acceptors (Lipinski definition) is 3. The molecule has 6 heteroatoms. The number of methoxy groups -OCH3 is 1. The van der Waals surface area contributed by atoms with E-state index in [1.807, 2.05) is 13.2 Å². The van der Waals surface area contributed by atoms with Crippen LogP contribution >= 0.6 is 0 Å². The van der Waals surface area contributed by atoms with Crippen molar-refractivity contribution in [2.24, 2.45) is 11.8 Å². The van der Waals surface area contributed by atoms with Crippen molar-refractivity contribution in [2.75, 3.05) is 20.2 Å². The summed E-state index contributed by atoms with van der Waals surface area (Å²) in [6.07, 6.45) is 3.65. The lowest BCUT2D eigenvalue weighted by Crippen LogP contribution is -2.39. The first kappa shape index (κ1) is 19.4. The first-order chi connectivity index (χ1) is 13.9. The number of aryl methyl sites for hydroxylation is 1. The summed E-state index contributed by atoms with van der Waals surface area (Å²) in [5.74, 6) is -0.195. The monoisotopic (exact) mass is 403 g/mol. The van der Waals surface area contributed by atoms with Gasteiger partial charge >= 0.3 is 0 Å². The number of fused-ring (bicyclic) bond motifs is 2. The van der Waals surface area contributed by atoms with Crippen LogP contribution in [0.3, 0.4) is 0 Å². The lowest BCUT2D eigenvalue weighted by atomic mass is 9.77. The number of imidazole rings is 1. The zero-order valence-corrected chi connectivity index (χ0v) is 17.4. The molecule has 1 aliphatic heterocycles. The van der Waals surface area contributed by atoms with Gasteiger partial charge in [-0.25, -0.2) is 13.8 Å². The van der Waals surface area contributed by atoms with Gasteiger partial charge in [0.2, 0.25) is 5.92 Å². The van der Waals surface area contributed by atoms with E-state index in [2.05, 4.69) is 34.6 Å². The number of benzene rings is 1. The summed E-state index contributed by atoms with van der Waals surface area (Å²) >= 11 is 0. The molecule has 1 aromatic carbocycles. The Bertz CT molecular complexity index is 872. The highest BCUT2D eigenvalue weighted by Gasteiger charge is 2.46. The molecule has 4 nitrogen and oxygen atoms in total. The van der Waals surface area contributed by atoms with Crippen LogP contribution in [0.1, 0.15) is 50.4 Å². The molecule has 1 aromatic heterocycles. The summed E-state index contributed by atoms with van der Waals surface area (Å²) in [5.41, 5.74) is 2.22. The molecule has 0 amide bonds.